The van der Waals surface area contributed by atoms with Crippen molar-refractivity contribution in [2.24, 2.45) is 0 Å². The van der Waals surface area contributed by atoms with E-state index in [2.05, 4.69) is 5.32 Å². The molecule has 1 heterocycles. The summed E-state index contributed by atoms with van der Waals surface area (Å²) < 4.78 is 4.85. The predicted molar refractivity (Wildman–Crippen MR) is 55.2 cm³/mol. The fourth-order valence-electron chi connectivity index (χ4n) is 1.45. The smallest absolute Gasteiger partial charge is 0.321 e. The predicted octanol–water partition coefficient (Wildman–Crippen LogP) is 1.09. The van der Waals surface area contributed by atoms with Crippen LogP contribution in [-0.4, -0.2) is 34.7 Å². The molecule has 1 fully saturated rings. The van der Waals surface area contributed by atoms with E-state index in [0.717, 1.165) is 0 Å². The van der Waals surface area contributed by atoms with E-state index >= 15 is 0 Å². The van der Waals surface area contributed by atoms with Crippen LogP contribution in [0.4, 0.5) is 4.79 Å². The average Bonchev–Trinajstić information content (AvgIpc) is 2.15. The second kappa shape index (κ2) is 3.40. The van der Waals surface area contributed by atoms with Crippen LogP contribution in [0.25, 0.3) is 0 Å². The maximum absolute atomic E-state index is 11.6. The molecule has 1 aliphatic heterocycles. The third-order valence-corrected chi connectivity index (χ3v) is 3.27. The minimum absolute atomic E-state index is 0.00238. The molecule has 0 saturated carbocycles. The number of hydrogen-bond donors (Lipinski definition) is 1. The molecule has 0 aliphatic carbocycles. The lowest BCUT2D eigenvalue weighted by Gasteiger charge is -2.38. The minimum Gasteiger partial charge on any atom is -0.444 e. The van der Waals surface area contributed by atoms with Gasteiger partial charge in [0, 0.05) is 6.92 Å². The van der Waals surface area contributed by atoms with Gasteiger partial charge in [0.05, 0.1) is 11.1 Å². The van der Waals surface area contributed by atoms with Crippen molar-refractivity contribution in [3.63, 3.8) is 0 Å². The molecule has 0 bridgehead atoms. The third kappa shape index (κ3) is 1.91. The van der Waals surface area contributed by atoms with Crippen molar-refractivity contribution in [3.8, 4) is 0 Å². The van der Waals surface area contributed by atoms with Gasteiger partial charge < -0.3 is 10.1 Å². The van der Waals surface area contributed by atoms with E-state index in [-0.39, 0.29) is 29.8 Å². The van der Waals surface area contributed by atoms with Crippen LogP contribution in [0.2, 0.25) is 0 Å². The molecule has 5 heteroatoms. The Labute approximate surface area is 89.8 Å². The summed E-state index contributed by atoms with van der Waals surface area (Å²) in [5.74, 6) is -0.386. The standard InChI is InChI=1S/C10H18N2O3/c1-7(13)15-6-12-8(14)11-9(2,3)10(12,4)5/h6H2,1-5H3,(H,11,14). The van der Waals surface area contributed by atoms with Gasteiger partial charge in [-0.05, 0) is 27.7 Å². The summed E-state index contributed by atoms with van der Waals surface area (Å²) in [6.45, 7) is 9.09. The maximum Gasteiger partial charge on any atom is 0.321 e. The van der Waals surface area contributed by atoms with Crippen LogP contribution in [0.15, 0.2) is 0 Å². The first kappa shape index (κ1) is 11.8. The molecule has 15 heavy (non-hydrogen) atoms. The number of esters is 1. The number of rotatable bonds is 2. The second-order valence-corrected chi connectivity index (χ2v) is 4.81. The highest BCUT2D eigenvalue weighted by Gasteiger charge is 2.51. The Morgan fingerprint density at radius 1 is 1.40 bits per heavy atom. The lowest BCUT2D eigenvalue weighted by Crippen LogP contribution is -2.53. The van der Waals surface area contributed by atoms with Crippen LogP contribution in [0, 0.1) is 0 Å². The fraction of sp³-hybridized carbons (Fsp3) is 0.800. The van der Waals surface area contributed by atoms with Gasteiger partial charge in [0.25, 0.3) is 0 Å². The fourth-order valence-corrected chi connectivity index (χ4v) is 1.45. The Kier molecular flexibility index (Phi) is 2.67. The Morgan fingerprint density at radius 2 is 1.93 bits per heavy atom. The number of ether oxygens (including phenoxy) is 1. The number of nitrogens with zero attached hydrogens (tertiary/aromatic N) is 1. The number of nitrogens with one attached hydrogen (secondary N) is 1. The van der Waals surface area contributed by atoms with Crippen molar-refractivity contribution in [3.05, 3.63) is 0 Å². The first-order valence-corrected chi connectivity index (χ1v) is 4.91. The molecular weight excluding hydrogens is 196 g/mol. The lowest BCUT2D eigenvalue weighted by molar-refractivity contribution is -0.146. The first-order valence-electron chi connectivity index (χ1n) is 4.91. The molecule has 0 aromatic heterocycles. The second-order valence-electron chi connectivity index (χ2n) is 4.81. The van der Waals surface area contributed by atoms with E-state index in [0.29, 0.717) is 0 Å². The van der Waals surface area contributed by atoms with Crippen molar-refractivity contribution >= 4 is 12.0 Å². The Balaban J connectivity index is 2.80. The van der Waals surface area contributed by atoms with Crippen molar-refractivity contribution in [2.45, 2.75) is 45.7 Å². The van der Waals surface area contributed by atoms with E-state index in [9.17, 15) is 9.59 Å². The summed E-state index contributed by atoms with van der Waals surface area (Å²) in [6.07, 6.45) is 0. The minimum atomic E-state index is -0.389. The van der Waals surface area contributed by atoms with Gasteiger partial charge in [0.2, 0.25) is 0 Å². The largest absolute Gasteiger partial charge is 0.444 e. The first-order chi connectivity index (χ1) is 6.68. The van der Waals surface area contributed by atoms with E-state index in [1.165, 1.54) is 11.8 Å². The van der Waals surface area contributed by atoms with Crippen LogP contribution < -0.4 is 5.32 Å². The van der Waals surface area contributed by atoms with Crippen LogP contribution in [0.5, 0.6) is 0 Å². The van der Waals surface area contributed by atoms with Crippen LogP contribution in [-0.2, 0) is 9.53 Å². The van der Waals surface area contributed by atoms with Gasteiger partial charge in [-0.15, -0.1) is 0 Å². The monoisotopic (exact) mass is 214 g/mol. The zero-order valence-electron chi connectivity index (χ0n) is 9.88. The number of carbonyl (C=O) groups excluding carboxylic acids is 2. The highest BCUT2D eigenvalue weighted by molar-refractivity contribution is 5.79. The molecule has 0 aromatic rings. The number of carbonyl (C=O) groups is 2. The molecule has 0 aromatic carbocycles. The molecule has 5 nitrogen and oxygen atoms in total. The SMILES string of the molecule is CC(=O)OCN1C(=O)NC(C)(C)C1(C)C. The quantitative estimate of drug-likeness (QED) is 0.700. The summed E-state index contributed by atoms with van der Waals surface area (Å²) in [5, 5.41) is 2.85. The highest BCUT2D eigenvalue weighted by Crippen LogP contribution is 2.33. The molecule has 1 N–H and O–H groups in total. The molecule has 2 amide bonds. The molecular formula is C10H18N2O3. The van der Waals surface area contributed by atoms with Crippen LogP contribution in [0.3, 0.4) is 0 Å². The molecule has 0 unspecified atom stereocenters. The Bertz CT molecular complexity index is 297. The number of urea groups is 1. The maximum atomic E-state index is 11.6. The van der Waals surface area contributed by atoms with Crippen molar-refractivity contribution in [1.82, 2.24) is 10.2 Å². The van der Waals surface area contributed by atoms with Gasteiger partial charge >= 0.3 is 12.0 Å². The molecule has 1 saturated heterocycles. The summed E-state index contributed by atoms with van der Waals surface area (Å²) in [6, 6.07) is -0.203. The lowest BCUT2D eigenvalue weighted by atomic mass is 9.84. The summed E-state index contributed by atoms with van der Waals surface area (Å²) in [7, 11) is 0. The van der Waals surface area contributed by atoms with Gasteiger partial charge in [0.1, 0.15) is 0 Å². The zero-order valence-corrected chi connectivity index (χ0v) is 9.88. The molecule has 86 valence electrons. The third-order valence-electron chi connectivity index (χ3n) is 3.27. The highest BCUT2D eigenvalue weighted by atomic mass is 16.5. The summed E-state index contributed by atoms with van der Waals surface area (Å²) >= 11 is 0. The molecule has 1 aliphatic rings. The summed E-state index contributed by atoms with van der Waals surface area (Å²) in [4.78, 5) is 23.9. The van der Waals surface area contributed by atoms with Crippen LogP contribution >= 0.6 is 0 Å². The van der Waals surface area contributed by atoms with Gasteiger partial charge in [0.15, 0.2) is 6.73 Å². The van der Waals surface area contributed by atoms with Gasteiger partial charge in [-0.3, -0.25) is 9.69 Å². The van der Waals surface area contributed by atoms with E-state index in [1.807, 2.05) is 27.7 Å². The van der Waals surface area contributed by atoms with Crippen molar-refractivity contribution < 1.29 is 14.3 Å². The number of hydrogen-bond acceptors (Lipinski definition) is 3. The topological polar surface area (TPSA) is 58.6 Å². The Hall–Kier alpha value is -1.26. The number of amides is 2. The van der Waals surface area contributed by atoms with Crippen molar-refractivity contribution in [1.29, 1.82) is 0 Å². The van der Waals surface area contributed by atoms with Gasteiger partial charge in [-0.2, -0.15) is 0 Å². The normalized spacial score (nSPS) is 22.5. The van der Waals surface area contributed by atoms with E-state index in [1.54, 1.807) is 0 Å². The molecule has 0 atom stereocenters. The van der Waals surface area contributed by atoms with E-state index < -0.39 is 0 Å². The molecule has 1 rings (SSSR count). The zero-order chi connectivity index (χ0) is 11.9. The van der Waals surface area contributed by atoms with Crippen molar-refractivity contribution in [2.75, 3.05) is 6.73 Å². The Morgan fingerprint density at radius 3 is 2.27 bits per heavy atom. The van der Waals surface area contributed by atoms with Gasteiger partial charge in [-0.1, -0.05) is 0 Å². The molecule has 0 radical (unpaired) electrons. The van der Waals surface area contributed by atoms with Crippen LogP contribution in [0.1, 0.15) is 34.6 Å². The molecule has 0 spiro atoms. The summed E-state index contributed by atoms with van der Waals surface area (Å²) in [5.41, 5.74) is -0.732. The van der Waals surface area contributed by atoms with E-state index in [4.69, 9.17) is 4.74 Å². The van der Waals surface area contributed by atoms with Gasteiger partial charge in [-0.25, -0.2) is 4.79 Å². The average molecular weight is 214 g/mol.